The molecule has 162 valence electrons. The van der Waals surface area contributed by atoms with E-state index in [1.165, 1.54) is 11.1 Å². The molecule has 31 heavy (non-hydrogen) atoms. The Hall–Kier alpha value is -1.75. The number of aliphatic hydroxyl groups excluding tert-OH is 1. The summed E-state index contributed by atoms with van der Waals surface area (Å²) in [5, 5.41) is 12.7. The van der Waals surface area contributed by atoms with Crippen LogP contribution in [0.2, 0.25) is 15.1 Å². The van der Waals surface area contributed by atoms with Gasteiger partial charge in [0, 0.05) is 36.2 Å². The van der Waals surface area contributed by atoms with Gasteiger partial charge in [-0.2, -0.15) is 0 Å². The quantitative estimate of drug-likeness (QED) is 0.453. The summed E-state index contributed by atoms with van der Waals surface area (Å²) >= 11 is 18.7. The molecular formula is C25H25Cl3N2O. The van der Waals surface area contributed by atoms with E-state index in [4.69, 9.17) is 34.8 Å². The molecule has 1 heterocycles. The Morgan fingerprint density at radius 1 is 0.903 bits per heavy atom. The van der Waals surface area contributed by atoms with Gasteiger partial charge in [0.25, 0.3) is 0 Å². The van der Waals surface area contributed by atoms with Crippen molar-refractivity contribution in [2.45, 2.75) is 19.1 Å². The summed E-state index contributed by atoms with van der Waals surface area (Å²) in [7, 11) is 0. The van der Waals surface area contributed by atoms with Crippen LogP contribution < -0.4 is 4.90 Å². The third-order valence-corrected chi connectivity index (χ3v) is 6.62. The normalized spacial score (nSPS) is 18.2. The van der Waals surface area contributed by atoms with Crippen molar-refractivity contribution < 1.29 is 5.11 Å². The molecule has 1 saturated heterocycles. The number of hydrogen-bond acceptors (Lipinski definition) is 3. The molecule has 1 N–H and O–H groups in total. The van der Waals surface area contributed by atoms with Crippen molar-refractivity contribution in [2.75, 3.05) is 31.1 Å². The van der Waals surface area contributed by atoms with Crippen molar-refractivity contribution >= 4 is 40.5 Å². The predicted molar refractivity (Wildman–Crippen MR) is 131 cm³/mol. The molecule has 3 aromatic carbocycles. The molecule has 0 unspecified atom stereocenters. The summed E-state index contributed by atoms with van der Waals surface area (Å²) in [5.41, 5.74) is 4.31. The number of nitrogens with zero attached hydrogens (tertiary/aromatic N) is 2. The molecule has 0 aliphatic carbocycles. The Bertz CT molecular complexity index is 1020. The van der Waals surface area contributed by atoms with Crippen molar-refractivity contribution in [3.63, 3.8) is 0 Å². The highest BCUT2D eigenvalue weighted by molar-refractivity contribution is 6.36. The van der Waals surface area contributed by atoms with Crippen LogP contribution >= 0.6 is 34.8 Å². The molecular weight excluding hydrogens is 451 g/mol. The summed E-state index contributed by atoms with van der Waals surface area (Å²) in [6.07, 6.45) is -0.568. The van der Waals surface area contributed by atoms with Gasteiger partial charge in [-0.05, 0) is 48.4 Å². The Morgan fingerprint density at radius 3 is 2.26 bits per heavy atom. The summed E-state index contributed by atoms with van der Waals surface area (Å²) in [6.45, 7) is 5.06. The molecule has 1 aliphatic heterocycles. The molecule has 3 aromatic rings. The number of piperazine rings is 1. The second-order valence-electron chi connectivity index (χ2n) is 8.04. The third kappa shape index (κ3) is 5.36. The minimum absolute atomic E-state index is 0.116. The number of aryl methyl sites for hydroxylation is 1. The van der Waals surface area contributed by atoms with Crippen LogP contribution in [0.15, 0.2) is 66.7 Å². The predicted octanol–water partition coefficient (Wildman–Crippen LogP) is 6.55. The smallest absolute Gasteiger partial charge is 0.0916 e. The lowest BCUT2D eigenvalue weighted by atomic mass is 9.99. The largest absolute Gasteiger partial charge is 0.387 e. The van der Waals surface area contributed by atoms with Crippen LogP contribution in [0.1, 0.15) is 28.8 Å². The minimum Gasteiger partial charge on any atom is -0.387 e. The fourth-order valence-electron chi connectivity index (χ4n) is 4.12. The van der Waals surface area contributed by atoms with E-state index in [1.54, 1.807) is 6.07 Å². The van der Waals surface area contributed by atoms with Crippen LogP contribution in [0, 0.1) is 6.92 Å². The lowest BCUT2D eigenvalue weighted by molar-refractivity contribution is 0.100. The van der Waals surface area contributed by atoms with Crippen molar-refractivity contribution in [3.8, 4) is 0 Å². The first-order chi connectivity index (χ1) is 14.9. The lowest BCUT2D eigenvalue weighted by Gasteiger charge is -2.44. The Labute approximate surface area is 198 Å². The number of rotatable bonds is 5. The summed E-state index contributed by atoms with van der Waals surface area (Å²) < 4.78 is 0. The fourth-order valence-corrected chi connectivity index (χ4v) is 4.76. The Balaban J connectivity index is 1.58. The molecule has 0 radical (unpaired) electrons. The minimum atomic E-state index is -0.568. The molecule has 6 heteroatoms. The van der Waals surface area contributed by atoms with Gasteiger partial charge in [-0.25, -0.2) is 0 Å². The average molecular weight is 476 g/mol. The fraction of sp³-hybridized carbons (Fsp3) is 0.280. The second-order valence-corrected chi connectivity index (χ2v) is 9.32. The van der Waals surface area contributed by atoms with Gasteiger partial charge < -0.3 is 10.0 Å². The Morgan fingerprint density at radius 2 is 1.58 bits per heavy atom. The molecule has 1 fully saturated rings. The molecule has 0 saturated carbocycles. The van der Waals surface area contributed by atoms with E-state index in [9.17, 15) is 5.11 Å². The van der Waals surface area contributed by atoms with Crippen LogP contribution in [0.25, 0.3) is 0 Å². The molecule has 0 aromatic heterocycles. The average Bonchev–Trinajstić information content (AvgIpc) is 2.75. The standard InChI is InChI=1S/C25H25Cl3N2O/c1-17-2-4-18(5-3-17)24-15-29(16-25(31)19-6-8-20(26)9-7-19)12-13-30(24)23-11-10-21(27)14-22(23)28/h2-11,14,24-25,31H,12-13,15-16H2,1H3/t24-,25-/m0/s1. The summed E-state index contributed by atoms with van der Waals surface area (Å²) in [6, 6.07) is 21.8. The number of anilines is 1. The van der Waals surface area contributed by atoms with Gasteiger partial charge in [0.1, 0.15) is 0 Å². The topological polar surface area (TPSA) is 26.7 Å². The number of aliphatic hydroxyl groups is 1. The maximum atomic E-state index is 10.8. The molecule has 0 amide bonds. The van der Waals surface area contributed by atoms with E-state index in [2.05, 4.69) is 41.0 Å². The molecule has 2 atom stereocenters. The van der Waals surface area contributed by atoms with Crippen molar-refractivity contribution in [2.24, 2.45) is 0 Å². The van der Waals surface area contributed by atoms with Crippen LogP contribution in [-0.4, -0.2) is 36.2 Å². The highest BCUT2D eigenvalue weighted by Crippen LogP contribution is 2.37. The molecule has 0 spiro atoms. The number of halogens is 3. The van der Waals surface area contributed by atoms with Crippen LogP contribution in [0.5, 0.6) is 0 Å². The molecule has 1 aliphatic rings. The van der Waals surface area contributed by atoms with Gasteiger partial charge in [-0.3, -0.25) is 4.90 Å². The number of benzene rings is 3. The van der Waals surface area contributed by atoms with Gasteiger partial charge in [-0.15, -0.1) is 0 Å². The maximum Gasteiger partial charge on any atom is 0.0916 e. The summed E-state index contributed by atoms with van der Waals surface area (Å²) in [5.74, 6) is 0. The first-order valence-corrected chi connectivity index (χ1v) is 11.5. The number of β-amino-alcohol motifs (C(OH)–C–C–N with tert-alkyl or cyclic N) is 1. The zero-order chi connectivity index (χ0) is 22.0. The first kappa shape index (κ1) is 22.4. The van der Waals surface area contributed by atoms with E-state index in [-0.39, 0.29) is 6.04 Å². The highest BCUT2D eigenvalue weighted by Gasteiger charge is 2.30. The second kappa shape index (κ2) is 9.81. The van der Waals surface area contributed by atoms with Crippen LogP contribution in [-0.2, 0) is 0 Å². The van der Waals surface area contributed by atoms with Gasteiger partial charge in [0.05, 0.1) is 22.9 Å². The van der Waals surface area contributed by atoms with E-state index >= 15 is 0 Å². The molecule has 4 rings (SSSR count). The molecule has 3 nitrogen and oxygen atoms in total. The monoisotopic (exact) mass is 474 g/mol. The van der Waals surface area contributed by atoms with E-state index in [0.29, 0.717) is 21.6 Å². The van der Waals surface area contributed by atoms with E-state index in [0.717, 1.165) is 30.9 Å². The van der Waals surface area contributed by atoms with Crippen molar-refractivity contribution in [3.05, 3.63) is 98.5 Å². The zero-order valence-electron chi connectivity index (χ0n) is 17.3. The van der Waals surface area contributed by atoms with Gasteiger partial charge >= 0.3 is 0 Å². The summed E-state index contributed by atoms with van der Waals surface area (Å²) in [4.78, 5) is 4.65. The lowest BCUT2D eigenvalue weighted by Crippen LogP contribution is -2.49. The van der Waals surface area contributed by atoms with Gasteiger partial charge in [0.2, 0.25) is 0 Å². The number of hydrogen-bond donors (Lipinski definition) is 1. The molecule has 0 bridgehead atoms. The third-order valence-electron chi connectivity index (χ3n) is 5.83. The van der Waals surface area contributed by atoms with Crippen LogP contribution in [0.3, 0.4) is 0 Å². The zero-order valence-corrected chi connectivity index (χ0v) is 19.6. The van der Waals surface area contributed by atoms with Gasteiger partial charge in [-0.1, -0.05) is 76.8 Å². The maximum absolute atomic E-state index is 10.8. The first-order valence-electron chi connectivity index (χ1n) is 10.3. The highest BCUT2D eigenvalue weighted by atomic mass is 35.5. The Kier molecular flexibility index (Phi) is 7.10. The van der Waals surface area contributed by atoms with E-state index < -0.39 is 6.10 Å². The van der Waals surface area contributed by atoms with Crippen molar-refractivity contribution in [1.82, 2.24) is 4.90 Å². The van der Waals surface area contributed by atoms with Gasteiger partial charge in [0.15, 0.2) is 0 Å². The van der Waals surface area contributed by atoms with Crippen LogP contribution in [0.4, 0.5) is 5.69 Å². The SMILES string of the molecule is Cc1ccc([C@@H]2CN(C[C@H](O)c3ccc(Cl)cc3)CCN2c2ccc(Cl)cc2Cl)cc1. The van der Waals surface area contributed by atoms with E-state index in [1.807, 2.05) is 36.4 Å². The van der Waals surface area contributed by atoms with Crippen molar-refractivity contribution in [1.29, 1.82) is 0 Å².